The SMILES string of the molecule is COC(=O)c1ccc2c(=O)[nH]c(CN3C[C@H](C)C[C@H](C)C3)nc2c1. The number of piperidine rings is 1. The van der Waals surface area contributed by atoms with E-state index in [9.17, 15) is 9.59 Å². The van der Waals surface area contributed by atoms with E-state index in [1.807, 2.05) is 0 Å². The number of carbonyl (C=O) groups is 1. The molecular weight excluding hydrogens is 306 g/mol. The van der Waals surface area contributed by atoms with Crippen LogP contribution in [0.3, 0.4) is 0 Å². The monoisotopic (exact) mass is 329 g/mol. The number of hydrogen-bond acceptors (Lipinski definition) is 5. The molecule has 0 amide bonds. The van der Waals surface area contributed by atoms with Gasteiger partial charge in [0.05, 0.1) is 30.1 Å². The summed E-state index contributed by atoms with van der Waals surface area (Å²) in [4.78, 5) is 33.7. The van der Waals surface area contributed by atoms with Crippen LogP contribution < -0.4 is 5.56 Å². The maximum absolute atomic E-state index is 12.3. The molecule has 1 aromatic heterocycles. The molecule has 1 aromatic carbocycles. The average Bonchev–Trinajstić information content (AvgIpc) is 2.52. The molecule has 24 heavy (non-hydrogen) atoms. The number of nitrogens with zero attached hydrogens (tertiary/aromatic N) is 2. The number of H-pyrrole nitrogens is 1. The molecule has 3 rings (SSSR count). The Morgan fingerprint density at radius 2 is 2.04 bits per heavy atom. The lowest BCUT2D eigenvalue weighted by molar-refractivity contribution is 0.0601. The van der Waals surface area contributed by atoms with Crippen molar-refractivity contribution in [3.8, 4) is 0 Å². The molecule has 128 valence electrons. The van der Waals surface area contributed by atoms with Crippen LogP contribution >= 0.6 is 0 Å². The maximum atomic E-state index is 12.3. The molecule has 0 radical (unpaired) electrons. The maximum Gasteiger partial charge on any atom is 0.337 e. The highest BCUT2D eigenvalue weighted by atomic mass is 16.5. The summed E-state index contributed by atoms with van der Waals surface area (Å²) in [6.07, 6.45) is 1.24. The fourth-order valence-corrected chi connectivity index (χ4v) is 3.64. The van der Waals surface area contributed by atoms with E-state index in [1.165, 1.54) is 13.5 Å². The largest absolute Gasteiger partial charge is 0.465 e. The summed E-state index contributed by atoms with van der Waals surface area (Å²) in [5.41, 5.74) is 0.744. The molecule has 1 aliphatic heterocycles. The van der Waals surface area contributed by atoms with E-state index in [-0.39, 0.29) is 5.56 Å². The van der Waals surface area contributed by atoms with Gasteiger partial charge >= 0.3 is 5.97 Å². The molecule has 0 spiro atoms. The van der Waals surface area contributed by atoms with Gasteiger partial charge in [-0.25, -0.2) is 9.78 Å². The van der Waals surface area contributed by atoms with Gasteiger partial charge in [-0.2, -0.15) is 0 Å². The molecule has 0 unspecified atom stereocenters. The van der Waals surface area contributed by atoms with E-state index >= 15 is 0 Å². The van der Waals surface area contributed by atoms with Crippen LogP contribution in [-0.2, 0) is 11.3 Å². The van der Waals surface area contributed by atoms with Gasteiger partial charge in [0, 0.05) is 13.1 Å². The van der Waals surface area contributed by atoms with Crippen molar-refractivity contribution in [2.45, 2.75) is 26.8 Å². The number of esters is 1. The van der Waals surface area contributed by atoms with Gasteiger partial charge in [0.1, 0.15) is 5.82 Å². The fourth-order valence-electron chi connectivity index (χ4n) is 3.64. The molecule has 2 heterocycles. The number of rotatable bonds is 3. The summed E-state index contributed by atoms with van der Waals surface area (Å²) in [5, 5.41) is 0.479. The highest BCUT2D eigenvalue weighted by Gasteiger charge is 2.22. The van der Waals surface area contributed by atoms with Crippen molar-refractivity contribution < 1.29 is 9.53 Å². The first-order valence-corrected chi connectivity index (χ1v) is 8.30. The molecular formula is C18H23N3O3. The Bertz CT molecular complexity index is 805. The second-order valence-electron chi connectivity index (χ2n) is 6.88. The smallest absolute Gasteiger partial charge is 0.337 e. The predicted molar refractivity (Wildman–Crippen MR) is 91.9 cm³/mol. The number of likely N-dealkylation sites (tertiary alicyclic amines) is 1. The van der Waals surface area contributed by atoms with Crippen molar-refractivity contribution in [1.82, 2.24) is 14.9 Å². The molecule has 0 aliphatic carbocycles. The molecule has 6 nitrogen and oxygen atoms in total. The summed E-state index contributed by atoms with van der Waals surface area (Å²) >= 11 is 0. The standard InChI is InChI=1S/C18H23N3O3/c1-11-6-12(2)9-21(8-11)10-16-19-15-7-13(18(23)24-3)4-5-14(15)17(22)20-16/h4-5,7,11-12H,6,8-10H2,1-3H3,(H,19,20,22)/t11-,12+. The number of fused-ring (bicyclic) bond motifs is 1. The first kappa shape index (κ1) is 16.6. The van der Waals surface area contributed by atoms with E-state index in [2.05, 4.69) is 28.7 Å². The van der Waals surface area contributed by atoms with E-state index < -0.39 is 5.97 Å². The van der Waals surface area contributed by atoms with Crippen LogP contribution in [0.15, 0.2) is 23.0 Å². The number of methoxy groups -OCH3 is 1. The van der Waals surface area contributed by atoms with Crippen LogP contribution in [0, 0.1) is 11.8 Å². The molecule has 6 heteroatoms. The van der Waals surface area contributed by atoms with Crippen molar-refractivity contribution in [2.24, 2.45) is 11.8 Å². The quantitative estimate of drug-likeness (QED) is 0.874. The predicted octanol–water partition coefficient (Wildman–Crippen LogP) is 2.19. The van der Waals surface area contributed by atoms with E-state index in [0.717, 1.165) is 13.1 Å². The third-order valence-electron chi connectivity index (χ3n) is 4.49. The molecule has 1 saturated heterocycles. The minimum absolute atomic E-state index is 0.176. The highest BCUT2D eigenvalue weighted by molar-refractivity contribution is 5.93. The molecule has 2 atom stereocenters. The Morgan fingerprint density at radius 1 is 1.33 bits per heavy atom. The Hall–Kier alpha value is -2.21. The van der Waals surface area contributed by atoms with Gasteiger partial charge in [0.2, 0.25) is 0 Å². The van der Waals surface area contributed by atoms with E-state index in [0.29, 0.717) is 40.7 Å². The van der Waals surface area contributed by atoms with Crippen molar-refractivity contribution in [2.75, 3.05) is 20.2 Å². The van der Waals surface area contributed by atoms with Gasteiger partial charge in [-0.15, -0.1) is 0 Å². The van der Waals surface area contributed by atoms with Gasteiger partial charge < -0.3 is 9.72 Å². The zero-order valence-electron chi connectivity index (χ0n) is 14.3. The highest BCUT2D eigenvalue weighted by Crippen LogP contribution is 2.22. The van der Waals surface area contributed by atoms with E-state index in [1.54, 1.807) is 18.2 Å². The van der Waals surface area contributed by atoms with Gasteiger partial charge in [-0.1, -0.05) is 13.8 Å². The lowest BCUT2D eigenvalue weighted by Crippen LogP contribution is -2.38. The summed E-state index contributed by atoms with van der Waals surface area (Å²) < 4.78 is 4.73. The number of aromatic nitrogens is 2. The van der Waals surface area contributed by atoms with Gasteiger partial charge in [-0.05, 0) is 36.5 Å². The minimum Gasteiger partial charge on any atom is -0.465 e. The van der Waals surface area contributed by atoms with Crippen LogP contribution in [-0.4, -0.2) is 41.0 Å². The Kier molecular flexibility index (Phi) is 4.66. The average molecular weight is 329 g/mol. The third kappa shape index (κ3) is 3.48. The van der Waals surface area contributed by atoms with Gasteiger partial charge in [-0.3, -0.25) is 9.69 Å². The topological polar surface area (TPSA) is 75.3 Å². The summed E-state index contributed by atoms with van der Waals surface area (Å²) in [6, 6.07) is 4.81. The lowest BCUT2D eigenvalue weighted by atomic mass is 9.92. The van der Waals surface area contributed by atoms with Crippen molar-refractivity contribution in [3.63, 3.8) is 0 Å². The van der Waals surface area contributed by atoms with E-state index in [4.69, 9.17) is 4.74 Å². The molecule has 1 fully saturated rings. The number of nitrogens with one attached hydrogen (secondary N) is 1. The molecule has 1 N–H and O–H groups in total. The number of aromatic amines is 1. The fraction of sp³-hybridized carbons (Fsp3) is 0.500. The molecule has 0 saturated carbocycles. The molecule has 0 bridgehead atoms. The Balaban J connectivity index is 1.91. The Morgan fingerprint density at radius 3 is 2.71 bits per heavy atom. The van der Waals surface area contributed by atoms with Crippen LogP contribution in [0.2, 0.25) is 0 Å². The van der Waals surface area contributed by atoms with Crippen LogP contribution in [0.5, 0.6) is 0 Å². The normalized spacial score (nSPS) is 21.8. The van der Waals surface area contributed by atoms with Gasteiger partial charge in [0.15, 0.2) is 0 Å². The van der Waals surface area contributed by atoms with Crippen LogP contribution in [0.4, 0.5) is 0 Å². The summed E-state index contributed by atoms with van der Waals surface area (Å²) in [5.74, 6) is 1.49. The lowest BCUT2D eigenvalue weighted by Gasteiger charge is -2.34. The second kappa shape index (κ2) is 6.73. The van der Waals surface area contributed by atoms with Crippen LogP contribution in [0.1, 0.15) is 36.5 Å². The van der Waals surface area contributed by atoms with Crippen molar-refractivity contribution >= 4 is 16.9 Å². The summed E-state index contributed by atoms with van der Waals surface area (Å²) in [7, 11) is 1.34. The number of carbonyl (C=O) groups excluding carboxylic acids is 1. The first-order valence-electron chi connectivity index (χ1n) is 8.30. The second-order valence-corrected chi connectivity index (χ2v) is 6.88. The number of benzene rings is 1. The third-order valence-corrected chi connectivity index (χ3v) is 4.49. The number of hydrogen-bond donors (Lipinski definition) is 1. The molecule has 1 aliphatic rings. The zero-order valence-corrected chi connectivity index (χ0v) is 14.3. The van der Waals surface area contributed by atoms with Gasteiger partial charge in [0.25, 0.3) is 5.56 Å². The molecule has 2 aromatic rings. The minimum atomic E-state index is -0.431. The van der Waals surface area contributed by atoms with Crippen LogP contribution in [0.25, 0.3) is 10.9 Å². The Labute approximate surface area is 140 Å². The summed E-state index contributed by atoms with van der Waals surface area (Å²) in [6.45, 7) is 7.13. The van der Waals surface area contributed by atoms with Crippen molar-refractivity contribution in [1.29, 1.82) is 0 Å². The zero-order chi connectivity index (χ0) is 17.3. The number of ether oxygens (including phenoxy) is 1. The van der Waals surface area contributed by atoms with Crippen molar-refractivity contribution in [3.05, 3.63) is 39.9 Å². The first-order chi connectivity index (χ1) is 11.5.